The van der Waals surface area contributed by atoms with Crippen LogP contribution in [0, 0.1) is 0 Å². The van der Waals surface area contributed by atoms with Crippen LogP contribution in [0.4, 0.5) is 0 Å². The van der Waals surface area contributed by atoms with Crippen molar-refractivity contribution in [3.05, 3.63) is 0 Å². The number of thiol groups is 1. The van der Waals surface area contributed by atoms with E-state index in [2.05, 4.69) is 5.32 Å². The van der Waals surface area contributed by atoms with Gasteiger partial charge in [0.2, 0.25) is 5.91 Å². The maximum absolute atomic E-state index is 10.7. The zero-order chi connectivity index (χ0) is 10.6. The molecule has 70 valence electrons. The summed E-state index contributed by atoms with van der Waals surface area (Å²) >= 11 is 0.660. The van der Waals surface area contributed by atoms with Gasteiger partial charge >= 0.3 is 5.97 Å². The maximum Gasteiger partial charge on any atom is 0.327 e. The second-order valence-electron chi connectivity index (χ2n) is 3.08. The third kappa shape index (κ3) is 3.61. The fraction of sp³-hybridized carbons (Fsp3) is 0.714. The van der Waals surface area contributed by atoms with E-state index in [0.29, 0.717) is 12.5 Å². The van der Waals surface area contributed by atoms with Crippen LogP contribution in [-0.4, -0.2) is 28.9 Å². The fourth-order valence-corrected chi connectivity index (χ4v) is 0.896. The number of aliphatic carboxylic acids is 1. The Morgan fingerprint density at radius 3 is 2.42 bits per heavy atom. The van der Waals surface area contributed by atoms with Crippen LogP contribution in [0.1, 0.15) is 20.8 Å². The SMILES string of the molecule is [2H]SC(C)(C)[C@H](NC(C)=O)C(=O)O. The number of nitrogens with one attached hydrogen (secondary N) is 1. The van der Waals surface area contributed by atoms with Gasteiger partial charge in [0.15, 0.2) is 0 Å². The molecule has 5 heteroatoms. The molecular weight excluding hydrogens is 178 g/mol. The molecule has 0 aliphatic carbocycles. The molecule has 0 rings (SSSR count). The molecule has 4 nitrogen and oxygen atoms in total. The Bertz CT molecular complexity index is 220. The molecule has 1 atom stereocenters. The number of rotatable bonds is 4. The first-order valence-corrected chi connectivity index (χ1v) is 3.86. The Labute approximate surface area is 77.8 Å². The maximum atomic E-state index is 10.7. The minimum absolute atomic E-state index is 0.408. The molecule has 0 bridgehead atoms. The molecule has 12 heavy (non-hydrogen) atoms. The number of carboxylic acid groups (broad SMARTS) is 1. The molecule has 0 saturated heterocycles. The third-order valence-electron chi connectivity index (χ3n) is 1.29. The standard InChI is InChI=1S/C7H13NO3S/c1-4(9)8-5(6(10)11)7(2,3)12/h5,12H,1-3H3,(H,8,9)(H,10,11)/t5-/m1/s1/i/hD. The largest absolute Gasteiger partial charge is 0.480 e. The lowest BCUT2D eigenvalue weighted by atomic mass is 10.0. The minimum atomic E-state index is -1.13. The molecule has 0 radical (unpaired) electrons. The van der Waals surface area contributed by atoms with Crippen LogP contribution in [0.3, 0.4) is 0 Å². The van der Waals surface area contributed by atoms with Crippen molar-refractivity contribution in [1.29, 1.82) is 1.12 Å². The molecule has 0 aliphatic rings. The molecule has 1 amide bonds. The highest BCUT2D eigenvalue weighted by atomic mass is 32.1. The first-order valence-electron chi connectivity index (χ1n) is 3.86. The molecule has 0 aromatic rings. The second kappa shape index (κ2) is 3.80. The summed E-state index contributed by atoms with van der Waals surface area (Å²) < 4.78 is 6.24. The van der Waals surface area contributed by atoms with Gasteiger partial charge < -0.3 is 10.4 Å². The van der Waals surface area contributed by atoms with Crippen molar-refractivity contribution in [2.24, 2.45) is 0 Å². The lowest BCUT2D eigenvalue weighted by Crippen LogP contribution is -2.50. The molecule has 2 N–H and O–H groups in total. The molecule has 0 saturated carbocycles. The van der Waals surface area contributed by atoms with Crippen LogP contribution < -0.4 is 5.32 Å². The summed E-state index contributed by atoms with van der Waals surface area (Å²) in [5.74, 6) is -1.53. The van der Waals surface area contributed by atoms with Crippen molar-refractivity contribution in [3.8, 4) is 0 Å². The van der Waals surface area contributed by atoms with Gasteiger partial charge in [-0.05, 0) is 13.8 Å². The molecule has 0 aromatic heterocycles. The Balaban J connectivity index is 4.60. The average molecular weight is 192 g/mol. The zero-order valence-corrected chi connectivity index (χ0v) is 8.07. The number of amides is 1. The van der Waals surface area contributed by atoms with Gasteiger partial charge in [0, 0.05) is 11.7 Å². The van der Waals surface area contributed by atoms with Gasteiger partial charge in [0.1, 0.15) is 7.17 Å². The Morgan fingerprint density at radius 1 is 1.67 bits per heavy atom. The van der Waals surface area contributed by atoms with E-state index < -0.39 is 22.7 Å². The van der Waals surface area contributed by atoms with Crippen LogP contribution >= 0.6 is 12.5 Å². The topological polar surface area (TPSA) is 66.4 Å². The number of carboxylic acids is 1. The Kier molecular flexibility index (Phi) is 2.97. The van der Waals surface area contributed by atoms with E-state index in [1.54, 1.807) is 13.8 Å². The second-order valence-corrected chi connectivity index (χ2v) is 4.13. The van der Waals surface area contributed by atoms with E-state index in [0.717, 1.165) is 0 Å². The van der Waals surface area contributed by atoms with Gasteiger partial charge in [-0.2, -0.15) is 12.5 Å². The summed E-state index contributed by atoms with van der Waals surface area (Å²) in [6, 6.07) is -1.03. The lowest BCUT2D eigenvalue weighted by molar-refractivity contribution is -0.142. The van der Waals surface area contributed by atoms with Crippen molar-refractivity contribution in [3.63, 3.8) is 0 Å². The summed E-state index contributed by atoms with van der Waals surface area (Å²) in [7, 11) is 0. The first kappa shape index (κ1) is 9.38. The third-order valence-corrected chi connectivity index (χ3v) is 1.53. The van der Waals surface area contributed by atoms with Crippen molar-refractivity contribution >= 4 is 24.4 Å². The van der Waals surface area contributed by atoms with Gasteiger partial charge in [-0.25, -0.2) is 4.79 Å². The molecule has 0 aromatic carbocycles. The van der Waals surface area contributed by atoms with E-state index in [9.17, 15) is 9.59 Å². The zero-order valence-electron chi connectivity index (χ0n) is 8.25. The molecular formula is C7H13NO3S. The number of hydrogen-bond donors (Lipinski definition) is 3. The predicted octanol–water partition coefficient (Wildman–Crippen LogP) is 0.284. The highest BCUT2D eigenvalue weighted by Gasteiger charge is 2.32. The molecule has 0 heterocycles. The summed E-state index contributed by atoms with van der Waals surface area (Å²) in [4.78, 5) is 21.4. The van der Waals surface area contributed by atoms with Gasteiger partial charge in [-0.1, -0.05) is 0 Å². The number of hydrogen-bond acceptors (Lipinski definition) is 3. The van der Waals surface area contributed by atoms with Crippen LogP contribution in [0.5, 0.6) is 0 Å². The Hall–Kier alpha value is -0.710. The van der Waals surface area contributed by atoms with Crippen LogP contribution in [0.15, 0.2) is 0 Å². The smallest absolute Gasteiger partial charge is 0.327 e. The van der Waals surface area contributed by atoms with Gasteiger partial charge in [-0.15, -0.1) is 0 Å². The van der Waals surface area contributed by atoms with Crippen LogP contribution in [0.25, 0.3) is 0 Å². The Morgan fingerprint density at radius 2 is 2.17 bits per heavy atom. The summed E-state index contributed by atoms with van der Waals surface area (Å²) in [5, 5.41) is 11.1. The summed E-state index contributed by atoms with van der Waals surface area (Å²) in [5.41, 5.74) is 0. The van der Waals surface area contributed by atoms with Crippen molar-refractivity contribution in [2.75, 3.05) is 0 Å². The molecule has 0 fully saturated rings. The highest BCUT2D eigenvalue weighted by molar-refractivity contribution is 7.81. The van der Waals surface area contributed by atoms with Gasteiger partial charge in [-0.3, -0.25) is 4.79 Å². The van der Waals surface area contributed by atoms with E-state index >= 15 is 0 Å². The normalized spacial score (nSPS) is 14.8. The minimum Gasteiger partial charge on any atom is -0.480 e. The summed E-state index contributed by atoms with van der Waals surface area (Å²) in [6.45, 7) is 4.44. The highest BCUT2D eigenvalue weighted by Crippen LogP contribution is 2.17. The fourth-order valence-electron chi connectivity index (χ4n) is 0.736. The first-order chi connectivity index (χ1) is 5.81. The van der Waals surface area contributed by atoms with Crippen LogP contribution in [-0.2, 0) is 9.59 Å². The van der Waals surface area contributed by atoms with E-state index in [1.165, 1.54) is 6.92 Å². The van der Waals surface area contributed by atoms with E-state index in [-0.39, 0.29) is 0 Å². The van der Waals surface area contributed by atoms with E-state index in [4.69, 9.17) is 6.23 Å². The number of carbonyl (C=O) groups is 2. The average Bonchev–Trinajstić information content (AvgIpc) is 1.99. The predicted molar refractivity (Wildman–Crippen MR) is 48.3 cm³/mol. The van der Waals surface area contributed by atoms with Crippen molar-refractivity contribution in [2.45, 2.75) is 31.6 Å². The monoisotopic (exact) mass is 192 g/mol. The van der Waals surface area contributed by atoms with E-state index in [1.807, 2.05) is 0 Å². The summed E-state index contributed by atoms with van der Waals surface area (Å²) in [6.07, 6.45) is 0. The van der Waals surface area contributed by atoms with Crippen molar-refractivity contribution in [1.82, 2.24) is 5.32 Å². The molecule has 0 aliphatic heterocycles. The van der Waals surface area contributed by atoms with Gasteiger partial charge in [0.05, 0.1) is 0 Å². The lowest BCUT2D eigenvalue weighted by Gasteiger charge is -2.26. The number of carbonyl (C=O) groups excluding carboxylic acids is 1. The van der Waals surface area contributed by atoms with Crippen molar-refractivity contribution < 1.29 is 14.7 Å². The molecule has 0 unspecified atom stereocenters. The van der Waals surface area contributed by atoms with Crippen LogP contribution in [0.2, 0.25) is 0 Å². The van der Waals surface area contributed by atoms with Gasteiger partial charge in [0.25, 0.3) is 0 Å². The molecule has 0 spiro atoms. The quantitative estimate of drug-likeness (QED) is 0.561.